The van der Waals surface area contributed by atoms with Crippen molar-refractivity contribution in [1.29, 1.82) is 15.8 Å². The first kappa shape index (κ1) is 40.7. The van der Waals surface area contributed by atoms with Gasteiger partial charge in [0.05, 0.1) is 0 Å². The highest BCUT2D eigenvalue weighted by molar-refractivity contribution is 6.83. The molecule has 2 aliphatic heterocycles. The van der Waals surface area contributed by atoms with Gasteiger partial charge in [0, 0.05) is 40.9 Å². The van der Waals surface area contributed by atoms with Gasteiger partial charge in [-0.25, -0.2) is 0 Å². The van der Waals surface area contributed by atoms with E-state index in [-0.39, 0.29) is 34.2 Å². The van der Waals surface area contributed by atoms with Gasteiger partial charge in [-0.05, 0) is 79.7 Å². The zero-order valence-electron chi connectivity index (χ0n) is 33.2. The van der Waals surface area contributed by atoms with Crippen LogP contribution in [0.1, 0.15) is 92.6 Å². The molecule has 3 aliphatic rings. The van der Waals surface area contributed by atoms with E-state index in [1.54, 1.807) is 0 Å². The Bertz CT molecular complexity index is 2010. The first-order valence-corrected chi connectivity index (χ1v) is 22.1. The zero-order chi connectivity index (χ0) is 39.4. The molecule has 2 heterocycles. The average molecular weight is 727 g/mol. The normalized spacial score (nSPS) is 20.8. The van der Waals surface area contributed by atoms with Crippen molar-refractivity contribution in [1.82, 2.24) is 0 Å². The smallest absolute Gasteiger partial charge is 0.303 e. The third kappa shape index (κ3) is 9.32. The van der Waals surface area contributed by atoms with Gasteiger partial charge in [0.2, 0.25) is 0 Å². The summed E-state index contributed by atoms with van der Waals surface area (Å²) in [6.07, 6.45) is 12.8. The van der Waals surface area contributed by atoms with Crippen LogP contribution in [0.15, 0.2) is 93.5 Å². The van der Waals surface area contributed by atoms with Crippen LogP contribution in [0.5, 0.6) is 0 Å². The van der Waals surface area contributed by atoms with Crippen molar-refractivity contribution in [3.8, 4) is 29.7 Å². The van der Waals surface area contributed by atoms with Gasteiger partial charge in [-0.1, -0.05) is 103 Å². The van der Waals surface area contributed by atoms with E-state index in [4.69, 9.17) is 9.84 Å². The third-order valence-corrected chi connectivity index (χ3v) is 11.3. The van der Waals surface area contributed by atoms with E-state index in [2.05, 4.69) is 119 Å². The number of carboxylic acids is 1. The van der Waals surface area contributed by atoms with Crippen molar-refractivity contribution in [2.24, 2.45) is 11.3 Å². The molecular formula is C45H54N4O3Si. The van der Waals surface area contributed by atoms with Gasteiger partial charge >= 0.3 is 5.97 Å². The van der Waals surface area contributed by atoms with E-state index in [0.717, 1.165) is 43.4 Å². The maximum absolute atomic E-state index is 11.1. The highest BCUT2D eigenvalue weighted by atomic mass is 28.3. The van der Waals surface area contributed by atoms with Crippen molar-refractivity contribution in [2.75, 3.05) is 11.4 Å². The van der Waals surface area contributed by atoms with Crippen molar-refractivity contribution < 1.29 is 14.6 Å². The number of ether oxygens (including phenoxy) is 1. The van der Waals surface area contributed by atoms with E-state index in [9.17, 15) is 20.6 Å². The molecule has 0 spiro atoms. The number of allylic oxidation sites excluding steroid dienone is 9. The first-order chi connectivity index (χ1) is 24.7. The largest absolute Gasteiger partial charge is 0.481 e. The van der Waals surface area contributed by atoms with Gasteiger partial charge in [-0.15, -0.1) is 5.54 Å². The van der Waals surface area contributed by atoms with Crippen LogP contribution in [0, 0.1) is 56.8 Å². The van der Waals surface area contributed by atoms with Gasteiger partial charge in [0.15, 0.2) is 11.3 Å². The maximum atomic E-state index is 11.1. The maximum Gasteiger partial charge on any atom is 0.303 e. The minimum atomic E-state index is -1.77. The molecule has 1 atom stereocenters. The molecule has 1 aromatic carbocycles. The minimum Gasteiger partial charge on any atom is -0.481 e. The molecule has 276 valence electrons. The van der Waals surface area contributed by atoms with E-state index < -0.39 is 19.6 Å². The molecule has 0 amide bonds. The fourth-order valence-electron chi connectivity index (χ4n) is 7.29. The molecule has 0 bridgehead atoms. The summed E-state index contributed by atoms with van der Waals surface area (Å²) in [6.45, 7) is 22.6. The lowest BCUT2D eigenvalue weighted by atomic mass is 9.68. The van der Waals surface area contributed by atoms with Gasteiger partial charge in [0.1, 0.15) is 37.5 Å². The van der Waals surface area contributed by atoms with Gasteiger partial charge in [0.25, 0.3) is 0 Å². The molecule has 1 aromatic rings. The predicted molar refractivity (Wildman–Crippen MR) is 215 cm³/mol. The van der Waals surface area contributed by atoms with Crippen LogP contribution in [-0.2, 0) is 14.9 Å². The quantitative estimate of drug-likeness (QED) is 0.116. The summed E-state index contributed by atoms with van der Waals surface area (Å²) in [5.74, 6) is 3.25. The lowest BCUT2D eigenvalue weighted by Gasteiger charge is -2.36. The Morgan fingerprint density at radius 3 is 2.26 bits per heavy atom. The molecule has 0 fully saturated rings. The summed E-state index contributed by atoms with van der Waals surface area (Å²) in [5, 5.41) is 38.5. The fraction of sp³-hybridized carbons (Fsp3) is 0.467. The molecule has 1 unspecified atom stereocenters. The number of hydrogen-bond acceptors (Lipinski definition) is 6. The molecule has 0 aromatic heterocycles. The van der Waals surface area contributed by atoms with Crippen LogP contribution in [0.2, 0.25) is 19.6 Å². The Morgan fingerprint density at radius 2 is 1.66 bits per heavy atom. The van der Waals surface area contributed by atoms with Crippen molar-refractivity contribution in [2.45, 2.75) is 118 Å². The summed E-state index contributed by atoms with van der Waals surface area (Å²) >= 11 is 0. The number of anilines is 1. The summed E-state index contributed by atoms with van der Waals surface area (Å²) in [4.78, 5) is 13.5. The summed E-state index contributed by atoms with van der Waals surface area (Å²) in [7, 11) is -1.77. The molecule has 1 N–H and O–H groups in total. The standard InChI is InChI=1S/C45H54N4O3Si/c1-43(2,3)34-26-31(19-21-37-36(30-48)42(33(28-46)29-47)52-45(37,6)7)35(23-25-53(8,9)10)32(27-34)20-22-40-44(4,5)38-16-13-14-17-39(38)49(40)24-15-11-12-18-41(50)51/h13-14,16-17,19-22,34H,11-12,15,18,24,26-27H2,1-10H3,(H,50,51)/b21-19+,32-20+,40-22+. The first-order valence-electron chi connectivity index (χ1n) is 18.6. The Balaban J connectivity index is 1.91. The zero-order valence-corrected chi connectivity index (χ0v) is 34.2. The molecule has 0 radical (unpaired) electrons. The van der Waals surface area contributed by atoms with E-state index in [1.165, 1.54) is 22.5 Å². The lowest BCUT2D eigenvalue weighted by Crippen LogP contribution is -2.27. The van der Waals surface area contributed by atoms with Crippen LogP contribution >= 0.6 is 0 Å². The number of para-hydroxylation sites is 1. The Morgan fingerprint density at radius 1 is 0.981 bits per heavy atom. The molecule has 0 saturated heterocycles. The highest BCUT2D eigenvalue weighted by Gasteiger charge is 2.41. The Hall–Kier alpha value is -5.02. The summed E-state index contributed by atoms with van der Waals surface area (Å²) < 4.78 is 6.07. The van der Waals surface area contributed by atoms with Gasteiger partial charge < -0.3 is 14.7 Å². The van der Waals surface area contributed by atoms with Gasteiger partial charge in [-0.2, -0.15) is 15.8 Å². The minimum absolute atomic E-state index is 0.00509. The number of unbranched alkanes of at least 4 members (excludes halogenated alkanes) is 2. The second kappa shape index (κ2) is 15.9. The molecule has 53 heavy (non-hydrogen) atoms. The number of fused-ring (bicyclic) bond motifs is 1. The number of carbonyl (C=O) groups is 1. The SMILES string of the molecule is CC1(C)OC(=C(C#N)C#N)C(C#N)=C1/C=C/C1=C(C#C[Si](C)(C)C)C(=C/C=C2/N(CCCCCC(=O)O)c3ccccc3C2(C)C)/CC(C(C)(C)C)C1. The highest BCUT2D eigenvalue weighted by Crippen LogP contribution is 2.49. The predicted octanol–water partition coefficient (Wildman–Crippen LogP) is 10.4. The van der Waals surface area contributed by atoms with Gasteiger partial charge in [-0.3, -0.25) is 4.79 Å². The average Bonchev–Trinajstić information content (AvgIpc) is 3.45. The number of hydrogen-bond donors (Lipinski definition) is 1. The Labute approximate surface area is 318 Å². The summed E-state index contributed by atoms with van der Waals surface area (Å²) in [5.41, 5.74) is 10.1. The Kier molecular flexibility index (Phi) is 12.2. The van der Waals surface area contributed by atoms with E-state index >= 15 is 0 Å². The molecule has 7 nitrogen and oxygen atoms in total. The number of nitrogens with zero attached hydrogens (tertiary/aromatic N) is 4. The van der Waals surface area contributed by atoms with Crippen molar-refractivity contribution in [3.05, 3.63) is 99.0 Å². The topological polar surface area (TPSA) is 121 Å². The molecular weight excluding hydrogens is 673 g/mol. The number of aliphatic carboxylic acids is 1. The molecule has 8 heteroatoms. The van der Waals surface area contributed by atoms with E-state index in [0.29, 0.717) is 17.9 Å². The van der Waals surface area contributed by atoms with Crippen LogP contribution in [-0.4, -0.2) is 31.3 Å². The fourth-order valence-corrected chi connectivity index (χ4v) is 7.79. The number of benzene rings is 1. The molecule has 0 saturated carbocycles. The molecule has 4 rings (SSSR count). The molecule has 1 aliphatic carbocycles. The summed E-state index contributed by atoms with van der Waals surface area (Å²) in [6, 6.07) is 14.5. The second-order valence-electron chi connectivity index (χ2n) is 17.4. The van der Waals surface area contributed by atoms with Crippen LogP contribution in [0.3, 0.4) is 0 Å². The van der Waals surface area contributed by atoms with Crippen LogP contribution in [0.25, 0.3) is 0 Å². The monoisotopic (exact) mass is 726 g/mol. The lowest BCUT2D eigenvalue weighted by molar-refractivity contribution is -0.137. The van der Waals surface area contributed by atoms with Crippen molar-refractivity contribution >= 4 is 19.7 Å². The number of rotatable bonds is 9. The van der Waals surface area contributed by atoms with Crippen molar-refractivity contribution in [3.63, 3.8) is 0 Å². The van der Waals surface area contributed by atoms with Crippen LogP contribution in [0.4, 0.5) is 5.69 Å². The number of carboxylic acid groups (broad SMARTS) is 1. The van der Waals surface area contributed by atoms with E-state index in [1.807, 2.05) is 32.1 Å². The van der Waals surface area contributed by atoms with Crippen LogP contribution < -0.4 is 4.90 Å². The number of nitriles is 3. The third-order valence-electron chi connectivity index (χ3n) is 10.4. The second-order valence-corrected chi connectivity index (χ2v) is 22.1.